The molecule has 0 bridgehead atoms. The molecule has 8 aromatic carbocycles. The molecule has 0 N–H and O–H groups in total. The van der Waals surface area contributed by atoms with E-state index in [2.05, 4.69) is 0 Å². The van der Waals surface area contributed by atoms with Crippen LogP contribution in [0.4, 0.5) is 17.1 Å². The Kier molecular flexibility index (Phi) is 3.44. The zero-order valence-electron chi connectivity index (χ0n) is 50.3. The minimum atomic E-state index is -0.815. The maximum Gasteiger partial charge on any atom is 0.137 e. The van der Waals surface area contributed by atoms with Crippen LogP contribution in [-0.2, 0) is 5.41 Å². The summed E-state index contributed by atoms with van der Waals surface area (Å²) >= 11 is 0. The third-order valence-electron chi connectivity index (χ3n) is 9.88. The van der Waals surface area contributed by atoms with Crippen molar-refractivity contribution in [3.05, 3.63) is 187 Å². The largest absolute Gasteiger partial charge is 0.456 e. The van der Waals surface area contributed by atoms with Crippen molar-refractivity contribution in [2.45, 2.75) is 19.3 Å². The van der Waals surface area contributed by atoms with Gasteiger partial charge in [-0.15, -0.1) is 0 Å². The second-order valence-corrected chi connectivity index (χ2v) is 13.2. The summed E-state index contributed by atoms with van der Waals surface area (Å²) in [6, 6.07) is -4.83. The van der Waals surface area contributed by atoms with Crippen molar-refractivity contribution in [1.82, 2.24) is 0 Å². The van der Waals surface area contributed by atoms with Crippen LogP contribution in [0.25, 0.3) is 77.3 Å². The molecule has 54 heavy (non-hydrogen) atoms. The Morgan fingerprint density at radius 2 is 1.02 bits per heavy atom. The summed E-state index contributed by atoms with van der Waals surface area (Å²) in [6.45, 7) is 3.91. The molecule has 0 atom stereocenters. The number of anilines is 3. The second kappa shape index (κ2) is 11.6. The van der Waals surface area contributed by atoms with Crippen LogP contribution in [0.2, 0.25) is 0 Å². The van der Waals surface area contributed by atoms with Crippen molar-refractivity contribution >= 4 is 60.9 Å². The fourth-order valence-corrected chi connectivity index (χ4v) is 7.41. The zero-order chi connectivity index (χ0) is 55.1. The number of nitrogens with zero attached hydrogens (tertiary/aromatic N) is 1. The third-order valence-corrected chi connectivity index (χ3v) is 9.88. The molecule has 256 valence electrons. The molecule has 0 saturated heterocycles. The van der Waals surface area contributed by atoms with Crippen LogP contribution in [0.3, 0.4) is 0 Å². The molecular weight excluding hydrogens is 659 g/mol. The van der Waals surface area contributed by atoms with Gasteiger partial charge in [-0.25, -0.2) is 0 Å². The summed E-state index contributed by atoms with van der Waals surface area (Å²) in [5, 5.41) is -1.65. The molecule has 0 spiro atoms. The van der Waals surface area contributed by atoms with E-state index in [0.29, 0.717) is 5.56 Å². The lowest BCUT2D eigenvalue weighted by atomic mass is 9.82. The van der Waals surface area contributed by atoms with E-state index in [9.17, 15) is 13.7 Å². The lowest BCUT2D eigenvalue weighted by molar-refractivity contribution is 0.660. The van der Waals surface area contributed by atoms with Gasteiger partial charge < -0.3 is 13.7 Å². The maximum absolute atomic E-state index is 9.87. The van der Waals surface area contributed by atoms with Gasteiger partial charge in [0.15, 0.2) is 0 Å². The number of benzene rings is 8. The fraction of sp³-hybridized carbons (Fsp3) is 0.0588. The molecule has 2 heterocycles. The van der Waals surface area contributed by atoms with Gasteiger partial charge in [-0.3, -0.25) is 0 Å². The minimum Gasteiger partial charge on any atom is -0.456 e. The SMILES string of the molecule is [2H]c1c([2H])c([2H])c(-c2c([2H])c([2H])c3oc4c([2H])c([2H])c([2H])c(N(c5ccc6c(c5)C(C)(C)c5ccccc5-6)c5c([2H])c([2H])c([2H])c6oc7c([2H])c([2H])c(-c8c([2H])c([2H])c([2H])c([2H])c8[2H])c([2H])c7c56)c4c3c2[2H])c([2H])c1[2H]. The molecule has 11 rings (SSSR count). The van der Waals surface area contributed by atoms with Crippen molar-refractivity contribution < 1.29 is 39.0 Å². The molecule has 10 aromatic rings. The van der Waals surface area contributed by atoms with E-state index in [1.807, 2.05) is 38.1 Å². The molecule has 0 saturated carbocycles. The molecule has 0 radical (unpaired) electrons. The lowest BCUT2D eigenvalue weighted by Crippen LogP contribution is -2.16. The Bertz CT molecular complexity index is 4090. The molecule has 1 aliphatic carbocycles. The molecule has 0 unspecified atom stereocenters. The number of hydrogen-bond acceptors (Lipinski definition) is 3. The van der Waals surface area contributed by atoms with Crippen molar-refractivity contribution in [2.24, 2.45) is 0 Å². The van der Waals surface area contributed by atoms with Gasteiger partial charge in [-0.2, -0.15) is 0 Å². The van der Waals surface area contributed by atoms with E-state index >= 15 is 0 Å². The normalized spacial score (nSPS) is 18.9. The van der Waals surface area contributed by atoms with Crippen molar-refractivity contribution in [1.29, 1.82) is 0 Å². The Labute approximate surface area is 344 Å². The van der Waals surface area contributed by atoms with Crippen molar-refractivity contribution in [2.75, 3.05) is 4.90 Å². The van der Waals surface area contributed by atoms with Crippen LogP contribution < -0.4 is 4.90 Å². The van der Waals surface area contributed by atoms with Crippen LogP contribution in [0.5, 0.6) is 0 Å². The highest BCUT2D eigenvalue weighted by atomic mass is 16.3. The van der Waals surface area contributed by atoms with Crippen LogP contribution in [0.15, 0.2) is 184 Å². The fourth-order valence-electron chi connectivity index (χ4n) is 7.41. The highest BCUT2D eigenvalue weighted by molar-refractivity contribution is 6.18. The third kappa shape index (κ3) is 4.55. The first-order valence-electron chi connectivity index (χ1n) is 27.8. The van der Waals surface area contributed by atoms with Gasteiger partial charge in [0, 0.05) is 21.9 Å². The summed E-state index contributed by atoms with van der Waals surface area (Å²) in [5.41, 5.74) is -3.10. The average molecular weight is 716 g/mol. The maximum atomic E-state index is 9.87. The quantitative estimate of drug-likeness (QED) is 0.178. The Hall–Kier alpha value is -6.84. The molecule has 2 aromatic heterocycles. The molecular formula is C51H35NO2. The predicted molar refractivity (Wildman–Crippen MR) is 224 cm³/mol. The summed E-state index contributed by atoms with van der Waals surface area (Å²) in [5.74, 6) is 0. The number of hydrogen-bond donors (Lipinski definition) is 0. The molecule has 1 aliphatic rings. The van der Waals surface area contributed by atoms with Gasteiger partial charge in [-0.1, -0.05) is 129 Å². The Morgan fingerprint density at radius 3 is 1.59 bits per heavy atom. The standard InChI is InChI=1S/C51H35NO2/c1-51(2)41-18-10-9-17-37(41)38-26-25-36(31-42(38)51)52(43-19-11-21-47-49(43)39-29-34(23-27-45(39)53-47)32-13-5-3-6-14-32)44-20-12-22-48-50(44)40-30-35(24-28-46(40)54-48)33-15-7-4-8-16-33/h3-31H,1-2H3/i3D,4D,5D,6D,7D,8D,11D,12D,13D,14D,15D,16D,19D,20D,21D,22D,23D,24D,27D,28D,29D,30D. The average Bonchev–Trinajstić information content (AvgIpc) is 4.17. The predicted octanol–water partition coefficient (Wildman–Crippen LogP) is 14.6. The molecule has 0 aliphatic heterocycles. The van der Waals surface area contributed by atoms with E-state index in [1.54, 1.807) is 18.2 Å². The van der Waals surface area contributed by atoms with Gasteiger partial charge in [-0.05, 0) is 105 Å². The lowest BCUT2D eigenvalue weighted by Gasteiger charge is -2.29. The van der Waals surface area contributed by atoms with Gasteiger partial charge in [0.2, 0.25) is 0 Å². The smallest absolute Gasteiger partial charge is 0.137 e. The van der Waals surface area contributed by atoms with E-state index < -0.39 is 216 Å². The van der Waals surface area contributed by atoms with Gasteiger partial charge in [0.1, 0.15) is 22.3 Å². The van der Waals surface area contributed by atoms with Crippen molar-refractivity contribution in [3.63, 3.8) is 0 Å². The first-order chi connectivity index (χ1) is 35.7. The highest BCUT2D eigenvalue weighted by Crippen LogP contribution is 2.53. The Balaban J connectivity index is 1.38. The minimum absolute atomic E-state index is 0.0448. The number of fused-ring (bicyclic) bond motifs is 9. The van der Waals surface area contributed by atoms with Crippen molar-refractivity contribution in [3.8, 4) is 33.4 Å². The number of rotatable bonds is 5. The van der Waals surface area contributed by atoms with E-state index in [1.165, 1.54) is 4.90 Å². The highest BCUT2D eigenvalue weighted by Gasteiger charge is 2.36. The molecule has 0 fully saturated rings. The van der Waals surface area contributed by atoms with Crippen LogP contribution in [0.1, 0.15) is 55.1 Å². The first kappa shape index (κ1) is 16.0. The molecule has 3 heteroatoms. The summed E-state index contributed by atoms with van der Waals surface area (Å²) in [4.78, 5) is 1.19. The van der Waals surface area contributed by atoms with Gasteiger partial charge in [0.25, 0.3) is 0 Å². The molecule has 3 nitrogen and oxygen atoms in total. The van der Waals surface area contributed by atoms with E-state index in [-0.39, 0.29) is 5.69 Å². The summed E-state index contributed by atoms with van der Waals surface area (Å²) < 4.78 is 211. The second-order valence-electron chi connectivity index (χ2n) is 13.2. The topological polar surface area (TPSA) is 29.5 Å². The summed E-state index contributed by atoms with van der Waals surface area (Å²) in [6.07, 6.45) is 0. The molecule has 0 amide bonds. The van der Waals surface area contributed by atoms with E-state index in [0.717, 1.165) is 16.7 Å². The zero-order valence-corrected chi connectivity index (χ0v) is 28.3. The first-order valence-corrected chi connectivity index (χ1v) is 16.8. The Morgan fingerprint density at radius 1 is 0.481 bits per heavy atom. The van der Waals surface area contributed by atoms with Gasteiger partial charge in [0.05, 0.1) is 52.3 Å². The van der Waals surface area contributed by atoms with Crippen LogP contribution in [0, 0.1) is 0 Å². The van der Waals surface area contributed by atoms with Gasteiger partial charge >= 0.3 is 0 Å². The van der Waals surface area contributed by atoms with Crippen LogP contribution in [-0.4, -0.2) is 0 Å². The summed E-state index contributed by atoms with van der Waals surface area (Å²) in [7, 11) is 0. The van der Waals surface area contributed by atoms with E-state index in [4.69, 9.17) is 25.3 Å². The monoisotopic (exact) mass is 715 g/mol. The van der Waals surface area contributed by atoms with Crippen LogP contribution >= 0.6 is 0 Å². The number of furan rings is 2.